The molecule has 0 aliphatic carbocycles. The molecule has 3 aromatic rings. The molecule has 2 aromatic carbocycles. The minimum Gasteiger partial charge on any atom is -0.457 e. The zero-order chi connectivity index (χ0) is 24.2. The summed E-state index contributed by atoms with van der Waals surface area (Å²) >= 11 is 0. The third-order valence-electron chi connectivity index (χ3n) is 6.61. The molecule has 1 aromatic heterocycles. The Kier molecular flexibility index (Phi) is 6.81. The number of hydrogen-bond donors (Lipinski definition) is 0. The van der Waals surface area contributed by atoms with E-state index in [0.717, 1.165) is 62.5 Å². The molecule has 0 unspecified atom stereocenters. The van der Waals surface area contributed by atoms with E-state index in [0.29, 0.717) is 24.4 Å². The van der Waals surface area contributed by atoms with Gasteiger partial charge >= 0.3 is 0 Å². The molecule has 182 valence electrons. The molecule has 2 saturated heterocycles. The second-order valence-corrected chi connectivity index (χ2v) is 9.14. The maximum atomic E-state index is 13.1. The summed E-state index contributed by atoms with van der Waals surface area (Å²) in [7, 11) is 2.15. The number of piperazine rings is 2. The van der Waals surface area contributed by atoms with Crippen LogP contribution in [0.5, 0.6) is 11.5 Å². The maximum absolute atomic E-state index is 13.1. The van der Waals surface area contributed by atoms with Gasteiger partial charge in [0.25, 0.3) is 5.91 Å². The second-order valence-electron chi connectivity index (χ2n) is 9.14. The lowest BCUT2D eigenvalue weighted by molar-refractivity contribution is 0.0746. The molecule has 0 atom stereocenters. The number of nitrogens with zero attached hydrogens (tertiary/aromatic N) is 6. The molecule has 5 rings (SSSR count). The zero-order valence-corrected chi connectivity index (χ0v) is 20.4. The molecule has 8 nitrogen and oxygen atoms in total. The van der Waals surface area contributed by atoms with Crippen LogP contribution < -0.4 is 14.5 Å². The van der Waals surface area contributed by atoms with Crippen LogP contribution >= 0.6 is 0 Å². The van der Waals surface area contributed by atoms with Gasteiger partial charge in [-0.2, -0.15) is 0 Å². The van der Waals surface area contributed by atoms with Crippen LogP contribution in [0.15, 0.2) is 60.7 Å². The van der Waals surface area contributed by atoms with E-state index in [1.807, 2.05) is 66.4 Å². The highest BCUT2D eigenvalue weighted by atomic mass is 16.5. The van der Waals surface area contributed by atoms with Crippen molar-refractivity contribution in [2.75, 3.05) is 69.2 Å². The van der Waals surface area contributed by atoms with Crippen molar-refractivity contribution in [2.24, 2.45) is 0 Å². The minimum absolute atomic E-state index is 0.0490. The number of ether oxygens (including phenoxy) is 1. The van der Waals surface area contributed by atoms with Gasteiger partial charge in [0.2, 0.25) is 0 Å². The number of likely N-dealkylation sites (N-methyl/N-ethyl adjacent to an activating group) is 1. The van der Waals surface area contributed by atoms with Crippen LogP contribution in [0.1, 0.15) is 16.2 Å². The summed E-state index contributed by atoms with van der Waals surface area (Å²) in [5.74, 6) is 4.27. The van der Waals surface area contributed by atoms with Gasteiger partial charge in [-0.25, -0.2) is 9.97 Å². The fourth-order valence-corrected chi connectivity index (χ4v) is 4.51. The summed E-state index contributed by atoms with van der Waals surface area (Å²) in [5, 5.41) is 0. The Balaban J connectivity index is 1.19. The van der Waals surface area contributed by atoms with E-state index in [9.17, 15) is 4.79 Å². The number of anilines is 2. The van der Waals surface area contributed by atoms with Gasteiger partial charge in [-0.3, -0.25) is 4.79 Å². The maximum Gasteiger partial charge on any atom is 0.253 e. The van der Waals surface area contributed by atoms with Gasteiger partial charge in [-0.1, -0.05) is 18.2 Å². The van der Waals surface area contributed by atoms with Crippen LogP contribution in [0, 0.1) is 6.92 Å². The SMILES string of the molecule is Cc1nc(N2CCN(C)CC2)cc(N2CCN(C(=O)c3ccc(Oc4ccccc4)cc3)CC2)n1. The summed E-state index contributed by atoms with van der Waals surface area (Å²) in [6, 6.07) is 19.1. The molecular weight excluding hydrogens is 440 g/mol. The Morgan fingerprint density at radius 2 is 1.29 bits per heavy atom. The first-order valence-corrected chi connectivity index (χ1v) is 12.2. The fourth-order valence-electron chi connectivity index (χ4n) is 4.51. The van der Waals surface area contributed by atoms with Crippen LogP contribution in [0.4, 0.5) is 11.6 Å². The third-order valence-corrected chi connectivity index (χ3v) is 6.61. The normalized spacial score (nSPS) is 16.9. The largest absolute Gasteiger partial charge is 0.457 e. The number of amides is 1. The van der Waals surface area contributed by atoms with Crippen LogP contribution in [-0.4, -0.2) is 85.1 Å². The minimum atomic E-state index is 0.0490. The Hall–Kier alpha value is -3.65. The Bertz CT molecular complexity index is 1140. The van der Waals surface area contributed by atoms with E-state index in [4.69, 9.17) is 9.72 Å². The number of carbonyl (C=O) groups excluding carboxylic acids is 1. The van der Waals surface area contributed by atoms with Crippen LogP contribution in [-0.2, 0) is 0 Å². The van der Waals surface area contributed by atoms with Gasteiger partial charge in [0, 0.05) is 64.0 Å². The monoisotopic (exact) mass is 472 g/mol. The van der Waals surface area contributed by atoms with Crippen molar-refractivity contribution in [2.45, 2.75) is 6.92 Å². The van der Waals surface area contributed by atoms with Gasteiger partial charge in [-0.15, -0.1) is 0 Å². The van der Waals surface area contributed by atoms with E-state index >= 15 is 0 Å². The molecular formula is C27H32N6O2. The van der Waals surface area contributed by atoms with Crippen molar-refractivity contribution in [1.29, 1.82) is 0 Å². The number of rotatable bonds is 5. The average Bonchev–Trinajstić information content (AvgIpc) is 2.89. The van der Waals surface area contributed by atoms with Gasteiger partial charge in [0.1, 0.15) is 29.0 Å². The molecule has 2 aliphatic rings. The first-order chi connectivity index (χ1) is 17.0. The Morgan fingerprint density at radius 1 is 0.743 bits per heavy atom. The average molecular weight is 473 g/mol. The van der Waals surface area contributed by atoms with Gasteiger partial charge < -0.3 is 24.3 Å². The highest BCUT2D eigenvalue weighted by Gasteiger charge is 2.24. The predicted octanol–water partition coefficient (Wildman–Crippen LogP) is 3.29. The molecule has 0 saturated carbocycles. The number of para-hydroxylation sites is 1. The highest BCUT2D eigenvalue weighted by Crippen LogP contribution is 2.24. The molecule has 8 heteroatoms. The molecule has 0 N–H and O–H groups in total. The van der Waals surface area contributed by atoms with Gasteiger partial charge in [0.15, 0.2) is 0 Å². The number of benzene rings is 2. The Labute approximate surface area is 206 Å². The molecule has 2 fully saturated rings. The van der Waals surface area contributed by atoms with E-state index in [-0.39, 0.29) is 5.91 Å². The lowest BCUT2D eigenvalue weighted by atomic mass is 10.1. The summed E-state index contributed by atoms with van der Waals surface area (Å²) < 4.78 is 5.84. The molecule has 0 radical (unpaired) electrons. The van der Waals surface area contributed by atoms with Gasteiger partial charge in [0.05, 0.1) is 0 Å². The smallest absolute Gasteiger partial charge is 0.253 e. The lowest BCUT2D eigenvalue weighted by Gasteiger charge is -2.37. The third kappa shape index (κ3) is 5.54. The fraction of sp³-hybridized carbons (Fsp3) is 0.370. The predicted molar refractivity (Wildman–Crippen MR) is 138 cm³/mol. The molecule has 35 heavy (non-hydrogen) atoms. The summed E-state index contributed by atoms with van der Waals surface area (Å²) in [6.45, 7) is 8.81. The molecule has 0 bridgehead atoms. The number of hydrogen-bond acceptors (Lipinski definition) is 7. The van der Waals surface area contributed by atoms with E-state index in [2.05, 4.69) is 32.8 Å². The quantitative estimate of drug-likeness (QED) is 0.565. The lowest BCUT2D eigenvalue weighted by Crippen LogP contribution is -2.49. The first-order valence-electron chi connectivity index (χ1n) is 12.2. The number of aromatic nitrogens is 2. The van der Waals surface area contributed by atoms with Crippen LogP contribution in [0.3, 0.4) is 0 Å². The van der Waals surface area contributed by atoms with Crippen molar-refractivity contribution in [3.8, 4) is 11.5 Å². The standard InChI is InChI=1S/C27H32N6O2/c1-21-28-25(31-14-12-30(2)13-15-31)20-26(29-21)32-16-18-33(19-17-32)27(34)22-8-10-24(11-9-22)35-23-6-4-3-5-7-23/h3-11,20H,12-19H2,1-2H3. The van der Waals surface area contributed by atoms with Crippen LogP contribution in [0.25, 0.3) is 0 Å². The van der Waals surface area contributed by atoms with Crippen molar-refractivity contribution < 1.29 is 9.53 Å². The zero-order valence-electron chi connectivity index (χ0n) is 20.4. The summed E-state index contributed by atoms with van der Waals surface area (Å²) in [5.41, 5.74) is 0.675. The van der Waals surface area contributed by atoms with Crippen molar-refractivity contribution >= 4 is 17.5 Å². The Morgan fingerprint density at radius 3 is 1.89 bits per heavy atom. The van der Waals surface area contributed by atoms with E-state index < -0.39 is 0 Å². The van der Waals surface area contributed by atoms with Crippen LogP contribution in [0.2, 0.25) is 0 Å². The molecule has 2 aliphatic heterocycles. The summed E-state index contributed by atoms with van der Waals surface area (Å²) in [6.07, 6.45) is 0. The molecule has 0 spiro atoms. The van der Waals surface area contributed by atoms with Crippen molar-refractivity contribution in [3.05, 3.63) is 72.1 Å². The molecule has 3 heterocycles. The summed E-state index contributed by atoms with van der Waals surface area (Å²) in [4.78, 5) is 31.3. The highest BCUT2D eigenvalue weighted by molar-refractivity contribution is 5.94. The van der Waals surface area contributed by atoms with E-state index in [1.165, 1.54) is 0 Å². The number of aryl methyl sites for hydroxylation is 1. The van der Waals surface area contributed by atoms with Crippen molar-refractivity contribution in [3.63, 3.8) is 0 Å². The molecule has 1 amide bonds. The van der Waals surface area contributed by atoms with Gasteiger partial charge in [-0.05, 0) is 50.4 Å². The second kappa shape index (κ2) is 10.3. The first kappa shape index (κ1) is 23.1. The topological polar surface area (TPSA) is 65.0 Å². The van der Waals surface area contributed by atoms with E-state index in [1.54, 1.807) is 0 Å². The number of carbonyl (C=O) groups is 1. The van der Waals surface area contributed by atoms with Crippen molar-refractivity contribution in [1.82, 2.24) is 19.8 Å².